The number of anilines is 1. The Morgan fingerprint density at radius 2 is 1.94 bits per heavy atom. The molecule has 0 fully saturated rings. The summed E-state index contributed by atoms with van der Waals surface area (Å²) in [6, 6.07) is 5.74. The van der Waals surface area contributed by atoms with E-state index in [1.165, 1.54) is 10.6 Å². The van der Waals surface area contributed by atoms with Crippen molar-refractivity contribution in [3.63, 3.8) is 0 Å². The van der Waals surface area contributed by atoms with E-state index in [1.54, 1.807) is 6.92 Å². The van der Waals surface area contributed by atoms with Gasteiger partial charge in [-0.05, 0) is 44.0 Å². The minimum atomic E-state index is -0.284. The van der Waals surface area contributed by atoms with Gasteiger partial charge in [-0.1, -0.05) is 6.07 Å². The van der Waals surface area contributed by atoms with E-state index in [9.17, 15) is 4.79 Å². The van der Waals surface area contributed by atoms with E-state index in [0.29, 0.717) is 5.71 Å². The number of carbonyl (C=O) groups excluding carboxylic acids is 1. The van der Waals surface area contributed by atoms with Gasteiger partial charge in [-0.3, -0.25) is 4.79 Å². The minimum Gasteiger partial charge on any atom is -0.322 e. The Labute approximate surface area is 99.6 Å². The van der Waals surface area contributed by atoms with Crippen LogP contribution in [0.4, 0.5) is 5.69 Å². The Balaban J connectivity index is 2.43. The van der Waals surface area contributed by atoms with Gasteiger partial charge < -0.3 is 5.84 Å². The summed E-state index contributed by atoms with van der Waals surface area (Å²) >= 11 is 0. The molecule has 0 saturated heterocycles. The Morgan fingerprint density at radius 3 is 2.47 bits per heavy atom. The van der Waals surface area contributed by atoms with Crippen molar-refractivity contribution >= 4 is 23.0 Å². The van der Waals surface area contributed by atoms with Crippen molar-refractivity contribution < 1.29 is 4.79 Å². The Kier molecular flexibility index (Phi) is 2.67. The molecule has 0 aliphatic carbocycles. The standard InChI is InChI=1S/C12H14N4O/c1-7-4-5-10(6-8(7)2)16-12(17)11(14-13)9(3)15-16/h4-6H,13H2,1-3H3/b14-11-. The highest BCUT2D eigenvalue weighted by Crippen LogP contribution is 2.22. The third-order valence-corrected chi connectivity index (χ3v) is 2.85. The molecule has 0 spiro atoms. The maximum atomic E-state index is 11.9. The van der Waals surface area contributed by atoms with Crippen molar-refractivity contribution in [2.24, 2.45) is 16.0 Å². The number of amides is 1. The molecular weight excluding hydrogens is 216 g/mol. The molecule has 1 aliphatic heterocycles. The zero-order valence-corrected chi connectivity index (χ0v) is 10.1. The molecule has 0 atom stereocenters. The predicted octanol–water partition coefficient (Wildman–Crippen LogP) is 1.34. The summed E-state index contributed by atoms with van der Waals surface area (Å²) in [5.41, 5.74) is 3.77. The minimum absolute atomic E-state index is 0.211. The first-order valence-electron chi connectivity index (χ1n) is 5.29. The summed E-state index contributed by atoms with van der Waals surface area (Å²) in [5.74, 6) is 4.88. The topological polar surface area (TPSA) is 71.0 Å². The molecule has 2 rings (SSSR count). The summed E-state index contributed by atoms with van der Waals surface area (Å²) < 4.78 is 0. The first-order valence-corrected chi connectivity index (χ1v) is 5.29. The van der Waals surface area contributed by atoms with Crippen LogP contribution in [0.3, 0.4) is 0 Å². The molecule has 5 heteroatoms. The SMILES string of the molecule is CC1=NN(c2ccc(C)c(C)c2)C(=O)/C1=N\N. The maximum Gasteiger partial charge on any atom is 0.301 e. The van der Waals surface area contributed by atoms with Crippen molar-refractivity contribution in [3.05, 3.63) is 29.3 Å². The number of rotatable bonds is 1. The van der Waals surface area contributed by atoms with Crippen molar-refractivity contribution in [1.29, 1.82) is 0 Å². The summed E-state index contributed by atoms with van der Waals surface area (Å²) in [7, 11) is 0. The molecule has 88 valence electrons. The smallest absolute Gasteiger partial charge is 0.301 e. The summed E-state index contributed by atoms with van der Waals surface area (Å²) in [4.78, 5) is 11.9. The van der Waals surface area contributed by atoms with Crippen LogP contribution in [0.15, 0.2) is 28.4 Å². The summed E-state index contributed by atoms with van der Waals surface area (Å²) in [6.45, 7) is 5.73. The fraction of sp³-hybridized carbons (Fsp3) is 0.250. The van der Waals surface area contributed by atoms with Gasteiger partial charge in [-0.25, -0.2) is 0 Å². The average molecular weight is 230 g/mol. The fourth-order valence-electron chi connectivity index (χ4n) is 1.68. The van der Waals surface area contributed by atoms with Gasteiger partial charge in [-0.15, -0.1) is 0 Å². The number of nitrogens with two attached hydrogens (primary N) is 1. The second kappa shape index (κ2) is 4.01. The maximum absolute atomic E-state index is 11.9. The van der Waals surface area contributed by atoms with Crippen molar-refractivity contribution in [3.8, 4) is 0 Å². The zero-order valence-electron chi connectivity index (χ0n) is 10.1. The number of hydrazone groups is 2. The van der Waals surface area contributed by atoms with Crippen LogP contribution >= 0.6 is 0 Å². The second-order valence-corrected chi connectivity index (χ2v) is 4.05. The Bertz CT molecular complexity index is 545. The van der Waals surface area contributed by atoms with Crippen molar-refractivity contribution in [2.75, 3.05) is 5.01 Å². The molecule has 1 aromatic carbocycles. The van der Waals surface area contributed by atoms with E-state index in [0.717, 1.165) is 11.3 Å². The number of nitrogens with zero attached hydrogens (tertiary/aromatic N) is 3. The molecule has 1 aromatic rings. The van der Waals surface area contributed by atoms with Crippen LogP contribution in [0, 0.1) is 13.8 Å². The predicted molar refractivity (Wildman–Crippen MR) is 68.1 cm³/mol. The molecule has 0 bridgehead atoms. The normalized spacial score (nSPS) is 17.8. The average Bonchev–Trinajstić information content (AvgIpc) is 2.58. The van der Waals surface area contributed by atoms with Crippen LogP contribution in [-0.2, 0) is 4.79 Å². The molecule has 1 heterocycles. The van der Waals surface area contributed by atoms with Gasteiger partial charge in [-0.2, -0.15) is 15.2 Å². The van der Waals surface area contributed by atoms with Gasteiger partial charge in [0.15, 0.2) is 5.71 Å². The van der Waals surface area contributed by atoms with Gasteiger partial charge in [0.05, 0.1) is 11.4 Å². The molecule has 0 aromatic heterocycles. The highest BCUT2D eigenvalue weighted by Gasteiger charge is 2.30. The quantitative estimate of drug-likeness (QED) is 0.584. The Hall–Kier alpha value is -2.17. The number of hydrogen-bond acceptors (Lipinski definition) is 4. The highest BCUT2D eigenvalue weighted by atomic mass is 16.2. The number of carbonyl (C=O) groups is 1. The van der Waals surface area contributed by atoms with Gasteiger partial charge in [0.25, 0.3) is 0 Å². The summed E-state index contributed by atoms with van der Waals surface area (Å²) in [5, 5.41) is 8.94. The van der Waals surface area contributed by atoms with Crippen LogP contribution in [0.25, 0.3) is 0 Å². The highest BCUT2D eigenvalue weighted by molar-refractivity contribution is 6.71. The molecule has 0 radical (unpaired) electrons. The van der Waals surface area contributed by atoms with E-state index in [4.69, 9.17) is 5.84 Å². The molecule has 0 unspecified atom stereocenters. The van der Waals surface area contributed by atoms with Gasteiger partial charge in [0, 0.05) is 0 Å². The first-order chi connectivity index (χ1) is 8.04. The molecule has 1 aliphatic rings. The lowest BCUT2D eigenvalue weighted by Crippen LogP contribution is -2.28. The van der Waals surface area contributed by atoms with E-state index in [1.807, 2.05) is 32.0 Å². The third-order valence-electron chi connectivity index (χ3n) is 2.85. The van der Waals surface area contributed by atoms with Crippen LogP contribution in [0.5, 0.6) is 0 Å². The molecule has 17 heavy (non-hydrogen) atoms. The van der Waals surface area contributed by atoms with Crippen molar-refractivity contribution in [2.45, 2.75) is 20.8 Å². The van der Waals surface area contributed by atoms with Crippen LogP contribution in [0.1, 0.15) is 18.1 Å². The van der Waals surface area contributed by atoms with Gasteiger partial charge in [0.1, 0.15) is 0 Å². The number of hydrogen-bond donors (Lipinski definition) is 1. The lowest BCUT2D eigenvalue weighted by atomic mass is 10.1. The largest absolute Gasteiger partial charge is 0.322 e. The lowest BCUT2D eigenvalue weighted by molar-refractivity contribution is -0.112. The fourth-order valence-corrected chi connectivity index (χ4v) is 1.68. The van der Waals surface area contributed by atoms with Crippen LogP contribution in [-0.4, -0.2) is 17.3 Å². The zero-order chi connectivity index (χ0) is 12.6. The van der Waals surface area contributed by atoms with Gasteiger partial charge >= 0.3 is 5.91 Å². The first kappa shape index (κ1) is 11.3. The van der Waals surface area contributed by atoms with Gasteiger partial charge in [0.2, 0.25) is 0 Å². The van der Waals surface area contributed by atoms with E-state index < -0.39 is 0 Å². The third kappa shape index (κ3) is 1.80. The van der Waals surface area contributed by atoms with E-state index in [2.05, 4.69) is 10.2 Å². The lowest BCUT2D eigenvalue weighted by Gasteiger charge is -2.12. The van der Waals surface area contributed by atoms with Crippen molar-refractivity contribution in [1.82, 2.24) is 0 Å². The second-order valence-electron chi connectivity index (χ2n) is 4.05. The van der Waals surface area contributed by atoms with Crippen LogP contribution in [0.2, 0.25) is 0 Å². The monoisotopic (exact) mass is 230 g/mol. The molecule has 2 N–H and O–H groups in total. The van der Waals surface area contributed by atoms with E-state index >= 15 is 0 Å². The van der Waals surface area contributed by atoms with E-state index in [-0.39, 0.29) is 11.6 Å². The number of aryl methyl sites for hydroxylation is 2. The molecule has 5 nitrogen and oxygen atoms in total. The molecule has 1 amide bonds. The Morgan fingerprint density at radius 1 is 1.24 bits per heavy atom. The summed E-state index contributed by atoms with van der Waals surface area (Å²) in [6.07, 6.45) is 0. The molecule has 0 saturated carbocycles. The number of benzene rings is 1. The molecular formula is C12H14N4O. The van der Waals surface area contributed by atoms with Crippen LogP contribution < -0.4 is 10.9 Å².